The number of rotatable bonds is 7. The van der Waals surface area contributed by atoms with Crippen LogP contribution in [0.5, 0.6) is 5.75 Å². The summed E-state index contributed by atoms with van der Waals surface area (Å²) in [5, 5.41) is 5.40. The first-order chi connectivity index (χ1) is 10.3. The zero-order valence-electron chi connectivity index (χ0n) is 13.9. The fourth-order valence-electron chi connectivity index (χ4n) is 1.86. The Kier molecular flexibility index (Phi) is 6.89. The van der Waals surface area contributed by atoms with Gasteiger partial charge in [-0.2, -0.15) is 0 Å². The minimum absolute atomic E-state index is 0.00868. The lowest BCUT2D eigenvalue weighted by Crippen LogP contribution is -2.45. The minimum Gasteiger partial charge on any atom is -0.493 e. The van der Waals surface area contributed by atoms with E-state index in [0.29, 0.717) is 19.4 Å². The van der Waals surface area contributed by atoms with E-state index in [1.54, 1.807) is 0 Å². The number of aryl methyl sites for hydroxylation is 1. The van der Waals surface area contributed by atoms with E-state index in [2.05, 4.69) is 10.6 Å². The van der Waals surface area contributed by atoms with Crippen LogP contribution in [0, 0.1) is 6.92 Å². The second-order valence-electron chi connectivity index (χ2n) is 6.29. The molecule has 0 aliphatic carbocycles. The largest absolute Gasteiger partial charge is 0.493 e. The van der Waals surface area contributed by atoms with E-state index in [0.717, 1.165) is 11.3 Å². The van der Waals surface area contributed by atoms with Gasteiger partial charge in [0.25, 0.3) is 0 Å². The van der Waals surface area contributed by atoms with Gasteiger partial charge in [0, 0.05) is 12.0 Å². The summed E-state index contributed by atoms with van der Waals surface area (Å²) in [7, 11) is 0. The van der Waals surface area contributed by atoms with Gasteiger partial charge >= 0.3 is 0 Å². The van der Waals surface area contributed by atoms with Crippen molar-refractivity contribution in [1.82, 2.24) is 10.6 Å². The molecule has 0 heterocycles. The van der Waals surface area contributed by atoms with E-state index in [-0.39, 0.29) is 23.9 Å². The number of ether oxygens (including phenoxy) is 1. The molecule has 0 spiro atoms. The van der Waals surface area contributed by atoms with Crippen molar-refractivity contribution in [3.05, 3.63) is 29.8 Å². The van der Waals surface area contributed by atoms with E-state index in [1.165, 1.54) is 0 Å². The van der Waals surface area contributed by atoms with E-state index in [1.807, 2.05) is 52.0 Å². The predicted molar refractivity (Wildman–Crippen MR) is 86.8 cm³/mol. The first-order valence-electron chi connectivity index (χ1n) is 7.54. The Hall–Kier alpha value is -2.04. The molecule has 0 saturated heterocycles. The number of carbonyl (C=O) groups excluding carboxylic acids is 2. The lowest BCUT2D eigenvalue weighted by Gasteiger charge is -2.20. The molecule has 0 fully saturated rings. The highest BCUT2D eigenvalue weighted by Crippen LogP contribution is 2.16. The van der Waals surface area contributed by atoms with Gasteiger partial charge in [0.1, 0.15) is 5.75 Å². The van der Waals surface area contributed by atoms with Crippen molar-refractivity contribution in [2.45, 2.75) is 46.1 Å². The molecule has 0 aliphatic heterocycles. The molecule has 0 atom stereocenters. The summed E-state index contributed by atoms with van der Waals surface area (Å²) < 4.78 is 5.62. The Morgan fingerprint density at radius 1 is 1.14 bits per heavy atom. The Balaban J connectivity index is 2.16. The summed E-state index contributed by atoms with van der Waals surface area (Å²) in [5.74, 6) is 0.516. The fourth-order valence-corrected chi connectivity index (χ4v) is 1.86. The number of hydrogen-bond acceptors (Lipinski definition) is 3. The van der Waals surface area contributed by atoms with E-state index in [4.69, 9.17) is 4.74 Å². The maximum Gasteiger partial charge on any atom is 0.239 e. The van der Waals surface area contributed by atoms with Crippen LogP contribution in [0.4, 0.5) is 0 Å². The van der Waals surface area contributed by atoms with Crippen molar-refractivity contribution in [2.75, 3.05) is 13.2 Å². The van der Waals surface area contributed by atoms with Crippen LogP contribution in [-0.2, 0) is 9.59 Å². The number of hydrogen-bond donors (Lipinski definition) is 2. The van der Waals surface area contributed by atoms with Gasteiger partial charge < -0.3 is 15.4 Å². The van der Waals surface area contributed by atoms with Gasteiger partial charge in [-0.25, -0.2) is 0 Å². The van der Waals surface area contributed by atoms with Gasteiger partial charge in [0.2, 0.25) is 11.8 Å². The van der Waals surface area contributed by atoms with Crippen LogP contribution in [0.1, 0.15) is 39.2 Å². The van der Waals surface area contributed by atoms with Crippen molar-refractivity contribution in [1.29, 1.82) is 0 Å². The number of nitrogens with one attached hydrogen (secondary N) is 2. The highest BCUT2D eigenvalue weighted by atomic mass is 16.5. The quantitative estimate of drug-likeness (QED) is 0.759. The monoisotopic (exact) mass is 306 g/mol. The molecule has 5 nitrogen and oxygen atoms in total. The third-order valence-corrected chi connectivity index (χ3v) is 2.86. The molecular formula is C17H26N2O3. The van der Waals surface area contributed by atoms with Crippen LogP contribution in [0.2, 0.25) is 0 Å². The zero-order valence-corrected chi connectivity index (χ0v) is 13.9. The van der Waals surface area contributed by atoms with Crippen molar-refractivity contribution in [2.24, 2.45) is 0 Å². The van der Waals surface area contributed by atoms with Gasteiger partial charge in [0.05, 0.1) is 13.2 Å². The molecule has 22 heavy (non-hydrogen) atoms. The van der Waals surface area contributed by atoms with Gasteiger partial charge in [-0.05, 0) is 45.7 Å². The Morgan fingerprint density at radius 3 is 2.45 bits per heavy atom. The Labute approximate surface area is 132 Å². The van der Waals surface area contributed by atoms with Crippen LogP contribution in [0.15, 0.2) is 24.3 Å². The molecule has 5 heteroatoms. The number of benzene rings is 1. The topological polar surface area (TPSA) is 67.4 Å². The Bertz CT molecular complexity index is 507. The summed E-state index contributed by atoms with van der Waals surface area (Å²) in [4.78, 5) is 23.2. The molecular weight excluding hydrogens is 280 g/mol. The molecule has 2 N–H and O–H groups in total. The maximum absolute atomic E-state index is 11.6. The summed E-state index contributed by atoms with van der Waals surface area (Å²) in [6, 6.07) is 7.77. The van der Waals surface area contributed by atoms with Gasteiger partial charge in [-0.15, -0.1) is 0 Å². The molecule has 0 aromatic heterocycles. The first-order valence-corrected chi connectivity index (χ1v) is 7.54. The third-order valence-electron chi connectivity index (χ3n) is 2.86. The number of amides is 2. The smallest absolute Gasteiger partial charge is 0.239 e. The molecule has 0 aliphatic rings. The van der Waals surface area contributed by atoms with Crippen LogP contribution >= 0.6 is 0 Å². The van der Waals surface area contributed by atoms with Crippen LogP contribution < -0.4 is 15.4 Å². The average Bonchev–Trinajstić information content (AvgIpc) is 2.41. The second-order valence-corrected chi connectivity index (χ2v) is 6.29. The van der Waals surface area contributed by atoms with E-state index >= 15 is 0 Å². The van der Waals surface area contributed by atoms with E-state index in [9.17, 15) is 9.59 Å². The molecule has 0 saturated carbocycles. The van der Waals surface area contributed by atoms with Crippen molar-refractivity contribution >= 4 is 11.8 Å². The van der Waals surface area contributed by atoms with Crippen molar-refractivity contribution < 1.29 is 14.3 Å². The summed E-state index contributed by atoms with van der Waals surface area (Å²) in [5.41, 5.74) is 0.786. The molecule has 1 rings (SSSR count). The van der Waals surface area contributed by atoms with Crippen molar-refractivity contribution in [3.8, 4) is 5.75 Å². The molecule has 0 unspecified atom stereocenters. The third kappa shape index (κ3) is 7.67. The summed E-state index contributed by atoms with van der Waals surface area (Å²) in [6.45, 7) is 8.16. The van der Waals surface area contributed by atoms with Crippen molar-refractivity contribution in [3.63, 3.8) is 0 Å². The lowest BCUT2D eigenvalue weighted by molar-refractivity contribution is -0.126. The van der Waals surface area contributed by atoms with Crippen LogP contribution in [0.25, 0.3) is 0 Å². The zero-order chi connectivity index (χ0) is 16.6. The fraction of sp³-hybridized carbons (Fsp3) is 0.529. The molecule has 0 radical (unpaired) electrons. The SMILES string of the molecule is Cc1ccccc1OCCCC(=O)NCC(=O)NC(C)(C)C. The van der Waals surface area contributed by atoms with Gasteiger partial charge in [0.15, 0.2) is 0 Å². The average molecular weight is 306 g/mol. The number of para-hydroxylation sites is 1. The van der Waals surface area contributed by atoms with Gasteiger partial charge in [-0.3, -0.25) is 9.59 Å². The molecule has 1 aromatic carbocycles. The molecule has 1 aromatic rings. The Morgan fingerprint density at radius 2 is 1.82 bits per heavy atom. The predicted octanol–water partition coefficient (Wildman–Crippen LogP) is 2.18. The molecule has 122 valence electrons. The van der Waals surface area contributed by atoms with Crippen LogP contribution in [-0.4, -0.2) is 30.5 Å². The summed E-state index contributed by atoms with van der Waals surface area (Å²) >= 11 is 0. The minimum atomic E-state index is -0.288. The second kappa shape index (κ2) is 8.41. The standard InChI is InChI=1S/C17H26N2O3/c1-13-8-5-6-9-14(13)22-11-7-10-15(20)18-12-16(21)19-17(2,3)4/h5-6,8-9H,7,10-12H2,1-4H3,(H,18,20)(H,19,21). The lowest BCUT2D eigenvalue weighted by atomic mass is 10.1. The van der Waals surface area contributed by atoms with Gasteiger partial charge in [-0.1, -0.05) is 18.2 Å². The number of carbonyl (C=O) groups is 2. The first kappa shape index (κ1) is 18.0. The molecule has 2 amide bonds. The molecule has 0 bridgehead atoms. The summed E-state index contributed by atoms with van der Waals surface area (Å²) in [6.07, 6.45) is 0.954. The maximum atomic E-state index is 11.6. The normalized spacial score (nSPS) is 10.9. The van der Waals surface area contributed by atoms with Crippen LogP contribution in [0.3, 0.4) is 0 Å². The highest BCUT2D eigenvalue weighted by molar-refractivity contribution is 5.84. The highest BCUT2D eigenvalue weighted by Gasteiger charge is 2.14. The van der Waals surface area contributed by atoms with E-state index < -0.39 is 0 Å².